The number of amides is 4. The SMILES string of the molecule is O=C(Nc1ccc(/C=C/c2ccc(NC(=O)[C@@H]3CCCN3C(=O)c3cccnc3Cl)cc2)cc1)[C@@H]1CCCN1C(=O)c1cccnc1Cl. The number of benzene rings is 2. The van der Waals surface area contributed by atoms with E-state index >= 15 is 0 Å². The molecule has 0 bridgehead atoms. The van der Waals surface area contributed by atoms with Crippen molar-refractivity contribution in [3.05, 3.63) is 118 Å². The summed E-state index contributed by atoms with van der Waals surface area (Å²) in [6.07, 6.45) is 9.51. The number of carbonyl (C=O) groups excluding carboxylic acids is 4. The van der Waals surface area contributed by atoms with Gasteiger partial charge in [0.1, 0.15) is 22.4 Å². The lowest BCUT2D eigenvalue weighted by Gasteiger charge is -2.24. The summed E-state index contributed by atoms with van der Waals surface area (Å²) in [5, 5.41) is 6.09. The van der Waals surface area contributed by atoms with Crippen LogP contribution in [0.25, 0.3) is 12.2 Å². The molecule has 2 aromatic heterocycles. The van der Waals surface area contributed by atoms with Crippen LogP contribution in [-0.2, 0) is 9.59 Å². The zero-order valence-corrected chi connectivity index (χ0v) is 27.3. The maximum Gasteiger partial charge on any atom is 0.257 e. The van der Waals surface area contributed by atoms with Crippen LogP contribution in [0.2, 0.25) is 10.3 Å². The number of nitrogens with one attached hydrogen (secondary N) is 2. The molecule has 4 aromatic rings. The minimum Gasteiger partial charge on any atom is -0.327 e. The molecule has 0 saturated carbocycles. The van der Waals surface area contributed by atoms with Gasteiger partial charge in [0.25, 0.3) is 11.8 Å². The molecule has 2 aromatic carbocycles. The van der Waals surface area contributed by atoms with Gasteiger partial charge in [-0.1, -0.05) is 59.6 Å². The molecule has 2 saturated heterocycles. The second-order valence-electron chi connectivity index (χ2n) is 11.6. The van der Waals surface area contributed by atoms with Gasteiger partial charge in [0.05, 0.1) is 11.1 Å². The molecule has 10 nitrogen and oxygen atoms in total. The Kier molecular flexibility index (Phi) is 10.1. The highest BCUT2D eigenvalue weighted by Gasteiger charge is 2.36. The van der Waals surface area contributed by atoms with Gasteiger partial charge in [0.15, 0.2) is 0 Å². The first-order valence-corrected chi connectivity index (χ1v) is 16.4. The molecule has 6 rings (SSSR count). The Balaban J connectivity index is 1.02. The number of nitrogens with zero attached hydrogens (tertiary/aromatic N) is 4. The number of aromatic nitrogens is 2. The fourth-order valence-electron chi connectivity index (χ4n) is 5.96. The lowest BCUT2D eigenvalue weighted by molar-refractivity contribution is -0.120. The van der Waals surface area contributed by atoms with Gasteiger partial charge in [-0.3, -0.25) is 19.2 Å². The van der Waals surface area contributed by atoms with E-state index in [4.69, 9.17) is 23.2 Å². The van der Waals surface area contributed by atoms with E-state index in [1.54, 1.807) is 34.1 Å². The van der Waals surface area contributed by atoms with Crippen molar-refractivity contribution in [1.82, 2.24) is 19.8 Å². The molecule has 4 amide bonds. The summed E-state index contributed by atoms with van der Waals surface area (Å²) in [4.78, 5) is 63.4. The largest absolute Gasteiger partial charge is 0.327 e. The van der Waals surface area contributed by atoms with Gasteiger partial charge in [-0.15, -0.1) is 0 Å². The first kappa shape index (κ1) is 32.9. The van der Waals surface area contributed by atoms with E-state index < -0.39 is 12.1 Å². The van der Waals surface area contributed by atoms with Crippen LogP contribution in [0.4, 0.5) is 11.4 Å². The molecule has 244 valence electrons. The molecule has 2 atom stereocenters. The summed E-state index contributed by atoms with van der Waals surface area (Å²) in [5.41, 5.74) is 3.67. The summed E-state index contributed by atoms with van der Waals surface area (Å²) in [6.45, 7) is 0.948. The van der Waals surface area contributed by atoms with Crippen molar-refractivity contribution in [2.24, 2.45) is 0 Å². The molecule has 2 fully saturated rings. The molecule has 12 heteroatoms. The lowest BCUT2D eigenvalue weighted by Crippen LogP contribution is -2.43. The second kappa shape index (κ2) is 14.8. The molecule has 2 N–H and O–H groups in total. The predicted octanol–water partition coefficient (Wildman–Crippen LogP) is 6.44. The standard InChI is InChI=1S/C36H32Cl2N6O4/c37-31-27(5-1-19-39-31)35(47)43-21-3-7-29(43)33(45)41-25-15-11-23(12-16-25)9-10-24-13-17-26(18-14-24)42-34(46)30-8-4-22-44(30)36(48)28-6-2-20-40-32(28)38/h1-2,5-6,9-20,29-30H,3-4,7-8,21-22H2,(H,41,45)(H,42,46)/b10-9+/t29-,30-/m0/s1. The summed E-state index contributed by atoms with van der Waals surface area (Å²) in [6, 6.07) is 20.2. The number of rotatable bonds is 8. The van der Waals surface area contributed by atoms with E-state index in [0.29, 0.717) is 37.3 Å². The fourth-order valence-corrected chi connectivity index (χ4v) is 6.36. The van der Waals surface area contributed by atoms with Gasteiger partial charge in [-0.25, -0.2) is 9.97 Å². The molecule has 4 heterocycles. The number of halogens is 2. The number of carbonyl (C=O) groups is 4. The van der Waals surface area contributed by atoms with Crippen molar-refractivity contribution < 1.29 is 19.2 Å². The first-order chi connectivity index (χ1) is 23.3. The Morgan fingerprint density at radius 3 is 1.40 bits per heavy atom. The van der Waals surface area contributed by atoms with Crippen molar-refractivity contribution in [1.29, 1.82) is 0 Å². The molecule has 0 aliphatic carbocycles. The normalized spacial score (nSPS) is 17.5. The molecule has 2 aliphatic rings. The van der Waals surface area contributed by atoms with Crippen LogP contribution in [-0.4, -0.2) is 68.6 Å². The monoisotopic (exact) mass is 682 g/mol. The Hall–Kier alpha value is -5.06. The Morgan fingerprint density at radius 2 is 1.02 bits per heavy atom. The Bertz CT molecular complexity index is 1730. The highest BCUT2D eigenvalue weighted by atomic mass is 35.5. The van der Waals surface area contributed by atoms with Crippen molar-refractivity contribution in [3.63, 3.8) is 0 Å². The number of hydrogen-bond donors (Lipinski definition) is 2. The van der Waals surface area contributed by atoms with Gasteiger partial charge in [0, 0.05) is 36.9 Å². The topological polar surface area (TPSA) is 125 Å². The van der Waals surface area contributed by atoms with E-state index in [-0.39, 0.29) is 45.1 Å². The van der Waals surface area contributed by atoms with Crippen LogP contribution in [0.15, 0.2) is 85.2 Å². The number of pyridine rings is 2. The van der Waals surface area contributed by atoms with Gasteiger partial charge in [0.2, 0.25) is 11.8 Å². The smallest absolute Gasteiger partial charge is 0.257 e. The zero-order chi connectivity index (χ0) is 33.6. The molecular weight excluding hydrogens is 651 g/mol. The fraction of sp³-hybridized carbons (Fsp3) is 0.222. The molecule has 48 heavy (non-hydrogen) atoms. The lowest BCUT2D eigenvalue weighted by atomic mass is 10.1. The average molecular weight is 684 g/mol. The van der Waals surface area contributed by atoms with Gasteiger partial charge in [-0.05, 0) is 85.3 Å². The van der Waals surface area contributed by atoms with Crippen LogP contribution in [0.1, 0.15) is 57.5 Å². The van der Waals surface area contributed by atoms with Crippen molar-refractivity contribution in [2.45, 2.75) is 37.8 Å². The number of anilines is 2. The van der Waals surface area contributed by atoms with Crippen LogP contribution < -0.4 is 10.6 Å². The summed E-state index contributed by atoms with van der Waals surface area (Å²) in [7, 11) is 0. The molecule has 0 spiro atoms. The maximum absolute atomic E-state index is 13.1. The summed E-state index contributed by atoms with van der Waals surface area (Å²) in [5.74, 6) is -1.11. The van der Waals surface area contributed by atoms with Crippen LogP contribution >= 0.6 is 23.2 Å². The summed E-state index contributed by atoms with van der Waals surface area (Å²) >= 11 is 12.2. The zero-order valence-electron chi connectivity index (χ0n) is 25.8. The third-order valence-corrected chi connectivity index (χ3v) is 9.04. The molecular formula is C36H32Cl2N6O4. The van der Waals surface area contributed by atoms with E-state index in [1.807, 2.05) is 60.7 Å². The quantitative estimate of drug-likeness (QED) is 0.163. The first-order valence-electron chi connectivity index (χ1n) is 15.6. The van der Waals surface area contributed by atoms with Crippen molar-refractivity contribution in [3.8, 4) is 0 Å². The van der Waals surface area contributed by atoms with Crippen LogP contribution in [0, 0.1) is 0 Å². The second-order valence-corrected chi connectivity index (χ2v) is 12.3. The van der Waals surface area contributed by atoms with Crippen molar-refractivity contribution in [2.75, 3.05) is 23.7 Å². The summed E-state index contributed by atoms with van der Waals surface area (Å²) < 4.78 is 0. The highest BCUT2D eigenvalue weighted by Crippen LogP contribution is 2.26. The Labute approximate surface area is 287 Å². The van der Waals surface area contributed by atoms with Crippen LogP contribution in [0.5, 0.6) is 0 Å². The maximum atomic E-state index is 13.1. The van der Waals surface area contributed by atoms with Crippen molar-refractivity contribution >= 4 is 70.4 Å². The number of hydrogen-bond acceptors (Lipinski definition) is 6. The van der Waals surface area contributed by atoms with Gasteiger partial charge in [-0.2, -0.15) is 0 Å². The van der Waals surface area contributed by atoms with Gasteiger partial charge < -0.3 is 20.4 Å². The minimum atomic E-state index is -0.591. The third kappa shape index (κ3) is 7.40. The highest BCUT2D eigenvalue weighted by molar-refractivity contribution is 6.33. The van der Waals surface area contributed by atoms with E-state index in [0.717, 1.165) is 24.0 Å². The predicted molar refractivity (Wildman–Crippen MR) is 186 cm³/mol. The molecule has 0 radical (unpaired) electrons. The minimum absolute atomic E-state index is 0.119. The van der Waals surface area contributed by atoms with Crippen LogP contribution in [0.3, 0.4) is 0 Å². The van der Waals surface area contributed by atoms with E-state index in [2.05, 4.69) is 20.6 Å². The molecule has 2 aliphatic heterocycles. The third-order valence-electron chi connectivity index (χ3n) is 8.44. The Morgan fingerprint density at radius 1 is 0.625 bits per heavy atom. The average Bonchev–Trinajstić information content (AvgIpc) is 3.80. The van der Waals surface area contributed by atoms with Gasteiger partial charge >= 0.3 is 0 Å². The number of likely N-dealkylation sites (tertiary alicyclic amines) is 2. The van der Waals surface area contributed by atoms with E-state index in [1.165, 1.54) is 12.4 Å². The van der Waals surface area contributed by atoms with E-state index in [9.17, 15) is 19.2 Å². The molecule has 0 unspecified atom stereocenters.